The minimum Gasteiger partial charge on any atom is -0.459 e. The Bertz CT molecular complexity index is 1100. The van der Waals surface area contributed by atoms with Gasteiger partial charge in [-0.15, -0.1) is 0 Å². The summed E-state index contributed by atoms with van der Waals surface area (Å²) in [6.45, 7) is 10.7. The number of aliphatic hydroxyl groups is 1. The van der Waals surface area contributed by atoms with E-state index in [1.807, 2.05) is 6.92 Å². The molecule has 11 nitrogen and oxygen atoms in total. The fourth-order valence-electron chi connectivity index (χ4n) is 7.34. The van der Waals surface area contributed by atoms with E-state index in [0.29, 0.717) is 5.57 Å². The van der Waals surface area contributed by atoms with Gasteiger partial charge in [0, 0.05) is 44.9 Å². The molecule has 0 radical (unpaired) electrons. The van der Waals surface area contributed by atoms with Crippen LogP contribution in [0.25, 0.3) is 0 Å². The summed E-state index contributed by atoms with van der Waals surface area (Å²) in [7, 11) is 0. The topological polar surface area (TPSA) is 150 Å². The normalized spacial score (nSPS) is 51.0. The molecule has 0 aromatic heterocycles. The fourth-order valence-corrected chi connectivity index (χ4v) is 7.34. The Hall–Kier alpha value is -2.50. The lowest BCUT2D eigenvalue weighted by molar-refractivity contribution is -0.222. The zero-order valence-corrected chi connectivity index (χ0v) is 22.1. The molecule has 3 heterocycles. The second kappa shape index (κ2) is 8.00. The number of aliphatic hydroxyl groups excluding tert-OH is 1. The van der Waals surface area contributed by atoms with Crippen LogP contribution in [0, 0.1) is 11.3 Å². The highest BCUT2D eigenvalue weighted by atomic mass is 16.7. The third-order valence-corrected chi connectivity index (χ3v) is 9.08. The molecule has 0 bridgehead atoms. The first-order valence-electron chi connectivity index (χ1n) is 12.6. The van der Waals surface area contributed by atoms with Crippen LogP contribution in [0.5, 0.6) is 0 Å². The Morgan fingerprint density at radius 3 is 2.16 bits per heavy atom. The lowest BCUT2D eigenvalue weighted by Gasteiger charge is -2.54. The van der Waals surface area contributed by atoms with E-state index in [4.69, 9.17) is 28.4 Å². The molecule has 0 amide bonds. The number of rotatable bonds is 3. The van der Waals surface area contributed by atoms with Crippen molar-refractivity contribution >= 4 is 23.9 Å². The molecule has 1 N–H and O–H groups in total. The molecular formula is C26H34O11. The number of epoxide rings is 2. The first-order valence-corrected chi connectivity index (χ1v) is 12.6. The van der Waals surface area contributed by atoms with Gasteiger partial charge in [0.2, 0.25) is 0 Å². The largest absolute Gasteiger partial charge is 0.459 e. The molecule has 37 heavy (non-hydrogen) atoms. The molecule has 5 aliphatic rings. The molecule has 0 aromatic carbocycles. The van der Waals surface area contributed by atoms with Gasteiger partial charge in [0.05, 0.1) is 17.8 Å². The van der Waals surface area contributed by atoms with Gasteiger partial charge in [0.15, 0.2) is 17.3 Å². The van der Waals surface area contributed by atoms with Gasteiger partial charge in [-0.05, 0) is 26.8 Å². The number of fused-ring (bicyclic) bond motifs is 3. The van der Waals surface area contributed by atoms with E-state index in [2.05, 4.69) is 0 Å². The third-order valence-electron chi connectivity index (χ3n) is 9.08. The molecule has 0 aromatic rings. The van der Waals surface area contributed by atoms with Crippen LogP contribution in [0.1, 0.15) is 61.3 Å². The smallest absolute Gasteiger partial charge is 0.342 e. The van der Waals surface area contributed by atoms with Crippen LogP contribution < -0.4 is 0 Å². The minimum absolute atomic E-state index is 0.132. The number of hydrogen-bond acceptors (Lipinski definition) is 11. The van der Waals surface area contributed by atoms with Gasteiger partial charge in [-0.2, -0.15) is 0 Å². The van der Waals surface area contributed by atoms with Crippen LogP contribution in [-0.4, -0.2) is 82.4 Å². The maximum atomic E-state index is 13.0. The molecule has 11 heteroatoms. The van der Waals surface area contributed by atoms with Crippen molar-refractivity contribution in [3.8, 4) is 0 Å². The quantitative estimate of drug-likeness (QED) is 0.246. The number of carbonyl (C=O) groups excluding carboxylic acids is 4. The van der Waals surface area contributed by atoms with Crippen LogP contribution in [0.3, 0.4) is 0 Å². The average molecular weight is 523 g/mol. The highest BCUT2D eigenvalue weighted by Crippen LogP contribution is 2.69. The third kappa shape index (κ3) is 3.50. The van der Waals surface area contributed by atoms with Crippen molar-refractivity contribution < 1.29 is 52.7 Å². The van der Waals surface area contributed by atoms with Crippen LogP contribution in [0.4, 0.5) is 0 Å². The summed E-state index contributed by atoms with van der Waals surface area (Å²) in [5.74, 6) is -3.29. The van der Waals surface area contributed by atoms with Gasteiger partial charge in [-0.25, -0.2) is 4.79 Å². The maximum Gasteiger partial charge on any atom is 0.342 e. The van der Waals surface area contributed by atoms with E-state index in [0.717, 1.165) is 0 Å². The zero-order valence-electron chi connectivity index (χ0n) is 22.1. The van der Waals surface area contributed by atoms with Crippen molar-refractivity contribution in [1.82, 2.24) is 0 Å². The predicted molar refractivity (Wildman–Crippen MR) is 123 cm³/mol. The van der Waals surface area contributed by atoms with Crippen molar-refractivity contribution in [2.45, 2.75) is 115 Å². The lowest BCUT2D eigenvalue weighted by atomic mass is 9.53. The van der Waals surface area contributed by atoms with Gasteiger partial charge < -0.3 is 33.5 Å². The molecule has 3 saturated heterocycles. The molecule has 204 valence electrons. The van der Waals surface area contributed by atoms with Crippen molar-refractivity contribution in [2.75, 3.05) is 0 Å². The summed E-state index contributed by atoms with van der Waals surface area (Å²) >= 11 is 0. The Kier molecular flexibility index (Phi) is 5.65. The van der Waals surface area contributed by atoms with Gasteiger partial charge in [-0.3, -0.25) is 14.4 Å². The first-order chi connectivity index (χ1) is 17.1. The highest BCUT2D eigenvalue weighted by Gasteiger charge is 2.89. The number of ether oxygens (including phenoxy) is 6. The van der Waals surface area contributed by atoms with E-state index in [1.165, 1.54) is 20.8 Å². The van der Waals surface area contributed by atoms with Gasteiger partial charge in [0.1, 0.15) is 18.3 Å². The second-order valence-corrected chi connectivity index (χ2v) is 11.6. The summed E-state index contributed by atoms with van der Waals surface area (Å²) in [4.78, 5) is 50.1. The Morgan fingerprint density at radius 1 is 1.00 bits per heavy atom. The van der Waals surface area contributed by atoms with E-state index in [-0.39, 0.29) is 18.9 Å². The van der Waals surface area contributed by atoms with Gasteiger partial charge >= 0.3 is 23.9 Å². The molecule has 4 fully saturated rings. The van der Waals surface area contributed by atoms with Crippen LogP contribution >= 0.6 is 0 Å². The first kappa shape index (κ1) is 26.1. The number of hydrogen-bond donors (Lipinski definition) is 1. The second-order valence-electron chi connectivity index (χ2n) is 11.6. The summed E-state index contributed by atoms with van der Waals surface area (Å²) in [5, 5.41) is 11.7. The average Bonchev–Trinajstić information content (AvgIpc) is 3.59. The van der Waals surface area contributed by atoms with Crippen LogP contribution in [0.2, 0.25) is 0 Å². The minimum atomic E-state index is -1.40. The predicted octanol–water partition coefficient (Wildman–Crippen LogP) is 1.13. The monoisotopic (exact) mass is 522 g/mol. The lowest BCUT2D eigenvalue weighted by Crippen LogP contribution is -2.67. The van der Waals surface area contributed by atoms with Crippen molar-refractivity contribution in [2.24, 2.45) is 11.3 Å². The summed E-state index contributed by atoms with van der Waals surface area (Å²) in [6.07, 6.45) is -3.62. The number of esters is 4. The van der Waals surface area contributed by atoms with Crippen molar-refractivity contribution in [3.63, 3.8) is 0 Å². The molecule has 1 spiro atoms. The fraction of sp³-hybridized carbons (Fsp3) is 0.769. The van der Waals surface area contributed by atoms with Crippen LogP contribution in [-0.2, 0) is 47.6 Å². The summed E-state index contributed by atoms with van der Waals surface area (Å²) in [6, 6.07) is 0. The standard InChI is InChI=1S/C26H34O11/c1-11-8-15(32-12(2)27)20(33-13(3)28)23(5)16(30)10-17-24(6,36-17)19(23)21(34-14(4)29)26-18(9-11)35-22(31)25(26,7)37-26/h9,15-21,30H,8,10H2,1-7H3/b11-9-/t15-,16+,17-,18+,19-,20+,21+,23+,24-,25+,26+/m1/s1. The SMILES string of the molecule is CC(=O)O[C@@H]1C/C(C)=C\[C@@H]2OC(=O)[C@]3(C)O[C@]23[C@@H](OC(C)=O)[C@H]2[C@]3(C)O[C@@H]3C[C@H](O)[C@]2(C)[C@H]1OC(C)=O. The molecule has 3 aliphatic heterocycles. The van der Waals surface area contributed by atoms with E-state index in [9.17, 15) is 24.3 Å². The molecule has 5 rings (SSSR count). The molecular weight excluding hydrogens is 488 g/mol. The molecule has 2 aliphatic carbocycles. The highest BCUT2D eigenvalue weighted by molar-refractivity contribution is 5.89. The van der Waals surface area contributed by atoms with E-state index in [1.54, 1.807) is 26.8 Å². The van der Waals surface area contributed by atoms with E-state index < -0.39 is 82.5 Å². The van der Waals surface area contributed by atoms with Crippen molar-refractivity contribution in [3.05, 3.63) is 11.6 Å². The Morgan fingerprint density at radius 2 is 1.59 bits per heavy atom. The van der Waals surface area contributed by atoms with E-state index >= 15 is 0 Å². The van der Waals surface area contributed by atoms with Gasteiger partial charge in [0.25, 0.3) is 0 Å². The Labute approximate surface area is 214 Å². The van der Waals surface area contributed by atoms with Crippen LogP contribution in [0.15, 0.2) is 11.6 Å². The number of carbonyl (C=O) groups is 4. The molecule has 1 saturated carbocycles. The zero-order chi connectivity index (χ0) is 27.3. The van der Waals surface area contributed by atoms with Crippen molar-refractivity contribution in [1.29, 1.82) is 0 Å². The summed E-state index contributed by atoms with van der Waals surface area (Å²) < 4.78 is 35.6. The van der Waals surface area contributed by atoms with Gasteiger partial charge in [-0.1, -0.05) is 12.5 Å². The molecule has 11 atom stereocenters. The summed E-state index contributed by atoms with van der Waals surface area (Å²) in [5.41, 5.74) is -4.41. The Balaban J connectivity index is 1.78. The maximum absolute atomic E-state index is 13.0. The molecule has 0 unspecified atom stereocenters.